The fourth-order valence-electron chi connectivity index (χ4n) is 3.29. The maximum atomic E-state index is 13.8. The minimum atomic E-state index is -0.710. The number of halogens is 3. The van der Waals surface area contributed by atoms with E-state index in [4.69, 9.17) is 21.1 Å². The zero-order valence-corrected chi connectivity index (χ0v) is 16.9. The van der Waals surface area contributed by atoms with Crippen LogP contribution in [0.5, 0.6) is 11.9 Å². The van der Waals surface area contributed by atoms with Crippen molar-refractivity contribution in [3.8, 4) is 11.9 Å². The van der Waals surface area contributed by atoms with Crippen molar-refractivity contribution < 1.29 is 23.0 Å². The fourth-order valence-corrected chi connectivity index (χ4v) is 3.50. The first-order valence-corrected chi connectivity index (χ1v) is 9.82. The summed E-state index contributed by atoms with van der Waals surface area (Å²) in [4.78, 5) is 24.7. The number of nitrogens with zero attached hydrogens (tertiary/aromatic N) is 3. The van der Waals surface area contributed by atoms with Gasteiger partial charge in [-0.1, -0.05) is 17.7 Å². The summed E-state index contributed by atoms with van der Waals surface area (Å²) < 4.78 is 38.9. The number of likely N-dealkylation sites (tertiary alicyclic amines) is 1. The lowest BCUT2D eigenvalue weighted by atomic mass is 10.1. The van der Waals surface area contributed by atoms with Gasteiger partial charge in [0.25, 0.3) is 6.01 Å². The van der Waals surface area contributed by atoms with Crippen LogP contribution >= 0.6 is 11.6 Å². The number of piperidine rings is 1. The Morgan fingerprint density at radius 1 is 1.27 bits per heavy atom. The number of H-pyrrole nitrogens is 1. The van der Waals surface area contributed by atoms with Crippen LogP contribution in [0.3, 0.4) is 0 Å². The molecule has 1 aliphatic heterocycles. The Morgan fingerprint density at radius 3 is 2.63 bits per heavy atom. The van der Waals surface area contributed by atoms with Gasteiger partial charge >= 0.3 is 0 Å². The van der Waals surface area contributed by atoms with Gasteiger partial charge in [-0.25, -0.2) is 8.78 Å². The van der Waals surface area contributed by atoms with Gasteiger partial charge in [-0.05, 0) is 18.2 Å². The number of aromatic amines is 1. The van der Waals surface area contributed by atoms with Crippen molar-refractivity contribution in [2.75, 3.05) is 13.1 Å². The maximum absolute atomic E-state index is 13.8. The van der Waals surface area contributed by atoms with Gasteiger partial charge in [-0.3, -0.25) is 4.79 Å². The second-order valence-electron chi connectivity index (χ2n) is 7.00. The minimum Gasteiger partial charge on any atom is -0.471 e. The maximum Gasteiger partial charge on any atom is 0.296 e. The van der Waals surface area contributed by atoms with E-state index in [1.807, 2.05) is 0 Å². The van der Waals surface area contributed by atoms with Crippen molar-refractivity contribution in [2.24, 2.45) is 0 Å². The largest absolute Gasteiger partial charge is 0.471 e. The molecule has 158 valence electrons. The number of aromatic nitrogens is 3. The molecule has 1 aromatic carbocycles. The fraction of sp³-hybridized carbons (Fsp3) is 0.350. The molecule has 7 nitrogen and oxygen atoms in total. The zero-order chi connectivity index (χ0) is 21.3. The van der Waals surface area contributed by atoms with Crippen molar-refractivity contribution in [3.05, 3.63) is 46.5 Å². The molecule has 0 atom stereocenters. The molecule has 1 saturated heterocycles. The summed E-state index contributed by atoms with van der Waals surface area (Å²) >= 11 is 6.19. The van der Waals surface area contributed by atoms with Gasteiger partial charge in [0.2, 0.25) is 11.8 Å². The Balaban J connectivity index is 1.46. The number of ether oxygens (including phenoxy) is 2. The van der Waals surface area contributed by atoms with E-state index in [1.165, 1.54) is 6.07 Å². The van der Waals surface area contributed by atoms with Gasteiger partial charge < -0.3 is 19.4 Å². The van der Waals surface area contributed by atoms with E-state index in [2.05, 4.69) is 15.0 Å². The average Bonchev–Trinajstić information content (AvgIpc) is 3.08. The number of imidazole rings is 1. The van der Waals surface area contributed by atoms with Gasteiger partial charge in [0.05, 0.1) is 11.1 Å². The molecule has 0 aliphatic carbocycles. The standard InChI is InChI=1S/C20H19ClF2N4O3/c1-11(28)27-7-5-12(6-8-27)30-20-24-17-9-14(21)19(25-18(17)26-20)29-10-13-15(22)3-2-4-16(13)23/h2-4,9,12H,5-8,10H2,1H3,(H,24,25,26). The molecule has 1 fully saturated rings. The van der Waals surface area contributed by atoms with Crippen molar-refractivity contribution in [1.82, 2.24) is 19.9 Å². The van der Waals surface area contributed by atoms with E-state index >= 15 is 0 Å². The topological polar surface area (TPSA) is 80.3 Å². The van der Waals surface area contributed by atoms with E-state index in [0.717, 1.165) is 12.1 Å². The van der Waals surface area contributed by atoms with Crippen molar-refractivity contribution in [1.29, 1.82) is 0 Å². The summed E-state index contributed by atoms with van der Waals surface area (Å²) in [5, 5.41) is 0.171. The molecule has 3 heterocycles. The average molecular weight is 437 g/mol. The van der Waals surface area contributed by atoms with Gasteiger partial charge in [-0.2, -0.15) is 9.97 Å². The summed E-state index contributed by atoms with van der Waals surface area (Å²) in [6.07, 6.45) is 1.33. The smallest absolute Gasteiger partial charge is 0.296 e. The molecule has 0 unspecified atom stereocenters. The molecule has 0 radical (unpaired) electrons. The molecule has 1 aliphatic rings. The van der Waals surface area contributed by atoms with E-state index in [9.17, 15) is 13.6 Å². The third-order valence-electron chi connectivity index (χ3n) is 4.95. The van der Waals surface area contributed by atoms with Gasteiger partial charge in [0, 0.05) is 32.9 Å². The molecule has 3 aromatic rings. The van der Waals surface area contributed by atoms with Crippen molar-refractivity contribution in [2.45, 2.75) is 32.5 Å². The summed E-state index contributed by atoms with van der Waals surface area (Å²) in [5.41, 5.74) is 0.638. The van der Waals surface area contributed by atoms with Crippen LogP contribution in [-0.2, 0) is 11.4 Å². The second-order valence-corrected chi connectivity index (χ2v) is 7.41. The van der Waals surface area contributed by atoms with Gasteiger partial charge in [0.15, 0.2) is 5.65 Å². The minimum absolute atomic E-state index is 0.0136. The van der Waals surface area contributed by atoms with E-state index < -0.39 is 11.6 Å². The van der Waals surface area contributed by atoms with Crippen LogP contribution in [0, 0.1) is 11.6 Å². The Morgan fingerprint density at radius 2 is 1.97 bits per heavy atom. The first kappa shape index (κ1) is 20.3. The van der Waals surface area contributed by atoms with E-state index in [-0.39, 0.29) is 41.1 Å². The Kier molecular flexibility index (Phi) is 5.72. The highest BCUT2D eigenvalue weighted by atomic mass is 35.5. The Bertz CT molecular complexity index is 1060. The molecule has 30 heavy (non-hydrogen) atoms. The number of pyridine rings is 1. The molecule has 1 amide bonds. The summed E-state index contributed by atoms with van der Waals surface area (Å²) in [5.74, 6) is -1.35. The van der Waals surface area contributed by atoms with Crippen LogP contribution < -0.4 is 9.47 Å². The third kappa shape index (κ3) is 4.30. The van der Waals surface area contributed by atoms with Gasteiger partial charge in [0.1, 0.15) is 29.4 Å². The van der Waals surface area contributed by atoms with Crippen molar-refractivity contribution >= 4 is 28.7 Å². The SMILES string of the molecule is CC(=O)N1CCC(Oc2nc3nc(OCc4c(F)cccc4F)c(Cl)cc3[nH]2)CC1. The van der Waals surface area contributed by atoms with Crippen LogP contribution in [0.4, 0.5) is 8.78 Å². The van der Waals surface area contributed by atoms with E-state index in [0.29, 0.717) is 37.1 Å². The molecule has 0 bridgehead atoms. The van der Waals surface area contributed by atoms with Crippen LogP contribution in [0.25, 0.3) is 11.2 Å². The highest BCUT2D eigenvalue weighted by Crippen LogP contribution is 2.28. The molecule has 1 N–H and O–H groups in total. The van der Waals surface area contributed by atoms with Crippen LogP contribution in [0.15, 0.2) is 24.3 Å². The third-order valence-corrected chi connectivity index (χ3v) is 5.22. The number of fused-ring (bicyclic) bond motifs is 1. The first-order valence-electron chi connectivity index (χ1n) is 9.45. The Labute approximate surface area is 176 Å². The molecule has 4 rings (SSSR count). The summed E-state index contributed by atoms with van der Waals surface area (Å²) in [6, 6.07) is 5.43. The highest BCUT2D eigenvalue weighted by molar-refractivity contribution is 6.32. The molecule has 2 aromatic heterocycles. The number of nitrogens with one attached hydrogen (secondary N) is 1. The number of amides is 1. The highest BCUT2D eigenvalue weighted by Gasteiger charge is 2.23. The molecule has 10 heteroatoms. The zero-order valence-electron chi connectivity index (χ0n) is 16.1. The van der Waals surface area contributed by atoms with Crippen LogP contribution in [0.1, 0.15) is 25.3 Å². The van der Waals surface area contributed by atoms with E-state index in [1.54, 1.807) is 17.9 Å². The van der Waals surface area contributed by atoms with Gasteiger partial charge in [-0.15, -0.1) is 0 Å². The number of benzene rings is 1. The predicted octanol–water partition coefficient (Wildman–Crippen LogP) is 3.86. The second kappa shape index (κ2) is 8.43. The monoisotopic (exact) mass is 436 g/mol. The summed E-state index contributed by atoms with van der Waals surface area (Å²) in [7, 11) is 0. The lowest BCUT2D eigenvalue weighted by molar-refractivity contribution is -0.130. The number of hydrogen-bond donors (Lipinski definition) is 1. The number of hydrogen-bond acceptors (Lipinski definition) is 5. The number of carbonyl (C=O) groups excluding carboxylic acids is 1. The van der Waals surface area contributed by atoms with Crippen LogP contribution in [-0.4, -0.2) is 45.0 Å². The Hall–Kier alpha value is -2.94. The number of carbonyl (C=O) groups is 1. The normalized spacial score (nSPS) is 14.9. The quantitative estimate of drug-likeness (QED) is 0.657. The molecular formula is C20H19ClF2N4O3. The molecule has 0 spiro atoms. The van der Waals surface area contributed by atoms with Crippen LogP contribution in [0.2, 0.25) is 5.02 Å². The first-order chi connectivity index (χ1) is 14.4. The lowest BCUT2D eigenvalue weighted by Gasteiger charge is -2.30. The molecule has 0 saturated carbocycles. The summed E-state index contributed by atoms with van der Waals surface area (Å²) in [6.45, 7) is 2.46. The predicted molar refractivity (Wildman–Crippen MR) is 105 cm³/mol. The van der Waals surface area contributed by atoms with Crippen molar-refractivity contribution in [3.63, 3.8) is 0 Å². The molecular weight excluding hydrogens is 418 g/mol. The lowest BCUT2D eigenvalue weighted by Crippen LogP contribution is -2.40. The number of rotatable bonds is 5.